The number of carbonyl (C=O) groups is 1. The molecule has 0 saturated carbocycles. The van der Waals surface area contributed by atoms with Crippen LogP contribution in [0.4, 0.5) is 0 Å². The molecule has 2 aliphatic heterocycles. The molecular weight excluding hydrogens is 350 g/mol. The minimum atomic E-state index is -0.903. The number of amides is 1. The third-order valence-corrected chi connectivity index (χ3v) is 5.27. The van der Waals surface area contributed by atoms with E-state index in [2.05, 4.69) is 22.0 Å². The van der Waals surface area contributed by atoms with Crippen LogP contribution >= 0.6 is 15.9 Å². The van der Waals surface area contributed by atoms with Crippen molar-refractivity contribution in [3.63, 3.8) is 0 Å². The van der Waals surface area contributed by atoms with Gasteiger partial charge in [-0.25, -0.2) is 0 Å². The zero-order valence-electron chi connectivity index (χ0n) is 11.9. The maximum atomic E-state index is 12.4. The van der Waals surface area contributed by atoms with Crippen LogP contribution in [0.5, 0.6) is 11.5 Å². The average molecular weight is 366 g/mol. The number of fused-ring (bicyclic) bond motifs is 2. The van der Waals surface area contributed by atoms with E-state index < -0.39 is 6.10 Å². The molecule has 1 fully saturated rings. The summed E-state index contributed by atoms with van der Waals surface area (Å²) in [7, 11) is 0. The molecule has 2 heterocycles. The predicted molar refractivity (Wildman–Crippen MR) is 82.2 cm³/mol. The van der Waals surface area contributed by atoms with Crippen LogP contribution < -0.4 is 9.47 Å². The van der Waals surface area contributed by atoms with E-state index in [-0.39, 0.29) is 18.6 Å². The molecule has 3 aliphatic rings. The number of nitrogens with zero attached hydrogens (tertiary/aromatic N) is 1. The summed E-state index contributed by atoms with van der Waals surface area (Å²) in [6, 6.07) is 3.75. The number of hydrogen-bond donors (Lipinski definition) is 1. The molecule has 0 unspecified atom stereocenters. The van der Waals surface area contributed by atoms with Gasteiger partial charge in [0.1, 0.15) is 6.10 Å². The molecule has 22 heavy (non-hydrogen) atoms. The van der Waals surface area contributed by atoms with Crippen molar-refractivity contribution >= 4 is 21.8 Å². The van der Waals surface area contributed by atoms with Crippen LogP contribution in [0.15, 0.2) is 28.4 Å². The van der Waals surface area contributed by atoms with Crippen molar-refractivity contribution in [3.8, 4) is 11.5 Å². The molecule has 1 aromatic carbocycles. The summed E-state index contributed by atoms with van der Waals surface area (Å²) in [4.78, 5) is 14.1. The second-order valence-electron chi connectivity index (χ2n) is 5.83. The van der Waals surface area contributed by atoms with E-state index in [1.807, 2.05) is 12.1 Å². The van der Waals surface area contributed by atoms with E-state index in [0.29, 0.717) is 18.0 Å². The van der Waals surface area contributed by atoms with Gasteiger partial charge in [-0.3, -0.25) is 4.79 Å². The second kappa shape index (κ2) is 5.28. The number of likely N-dealkylation sites (tertiary alicyclic amines) is 1. The van der Waals surface area contributed by atoms with Crippen LogP contribution in [0.25, 0.3) is 0 Å². The van der Waals surface area contributed by atoms with Crippen molar-refractivity contribution in [1.82, 2.24) is 4.90 Å². The summed E-state index contributed by atoms with van der Waals surface area (Å²) in [5.74, 6) is 1.15. The zero-order chi connectivity index (χ0) is 15.3. The fraction of sp³-hybridized carbons (Fsp3) is 0.438. The molecule has 5 nitrogen and oxygen atoms in total. The standard InChI is InChI=1S/C16H16BrNO4/c17-11-6-14-13(21-8-22-14)5-9(11)7-18-12-4-2-1-3-10(12)15(19)16(18)20/h4-6,10,15,19H,1-3,7-8H2/t10-,15-/m1/s1. The molecule has 0 spiro atoms. The number of halogens is 1. The average Bonchev–Trinajstić information content (AvgIpc) is 3.06. The lowest BCUT2D eigenvalue weighted by Crippen LogP contribution is -2.28. The molecule has 1 aromatic rings. The molecule has 1 N–H and O–H groups in total. The Labute approximate surface area is 136 Å². The molecule has 0 aromatic heterocycles. The Balaban J connectivity index is 1.66. The van der Waals surface area contributed by atoms with Crippen LogP contribution in [0, 0.1) is 5.92 Å². The minimum Gasteiger partial charge on any atom is -0.454 e. The maximum absolute atomic E-state index is 12.4. The number of carbonyl (C=O) groups excluding carboxylic acids is 1. The van der Waals surface area contributed by atoms with Crippen molar-refractivity contribution in [2.45, 2.75) is 31.9 Å². The maximum Gasteiger partial charge on any atom is 0.256 e. The Morgan fingerprint density at radius 1 is 1.32 bits per heavy atom. The lowest BCUT2D eigenvalue weighted by atomic mass is 9.91. The Hall–Kier alpha value is -1.53. The summed E-state index contributed by atoms with van der Waals surface area (Å²) in [5.41, 5.74) is 1.91. The Morgan fingerprint density at radius 2 is 2.09 bits per heavy atom. The van der Waals surface area contributed by atoms with Gasteiger partial charge in [-0.2, -0.15) is 0 Å². The number of ether oxygens (including phenoxy) is 2. The van der Waals surface area contributed by atoms with Gasteiger partial charge in [0.25, 0.3) is 5.91 Å². The number of rotatable bonds is 2. The quantitative estimate of drug-likeness (QED) is 0.874. The van der Waals surface area contributed by atoms with Gasteiger partial charge in [-0.15, -0.1) is 0 Å². The molecule has 1 saturated heterocycles. The van der Waals surface area contributed by atoms with E-state index in [1.165, 1.54) is 0 Å². The first-order valence-electron chi connectivity index (χ1n) is 7.42. The monoisotopic (exact) mass is 365 g/mol. The highest BCUT2D eigenvalue weighted by Gasteiger charge is 2.44. The highest BCUT2D eigenvalue weighted by molar-refractivity contribution is 9.10. The first kappa shape index (κ1) is 14.1. The normalized spacial score (nSPS) is 26.2. The molecule has 0 bridgehead atoms. The first-order valence-corrected chi connectivity index (χ1v) is 8.22. The SMILES string of the molecule is O=C1[C@H](O)[C@@H]2CCCC=C2N1Cc1cc2c(cc1Br)OCO2. The first-order chi connectivity index (χ1) is 10.6. The Bertz CT molecular complexity index is 672. The van der Waals surface area contributed by atoms with E-state index >= 15 is 0 Å². The van der Waals surface area contributed by atoms with E-state index in [4.69, 9.17) is 9.47 Å². The molecule has 116 valence electrons. The van der Waals surface area contributed by atoms with Crippen molar-refractivity contribution < 1.29 is 19.4 Å². The van der Waals surface area contributed by atoms with E-state index in [1.54, 1.807) is 4.90 Å². The van der Waals surface area contributed by atoms with Crippen molar-refractivity contribution in [2.75, 3.05) is 6.79 Å². The Kier molecular flexibility index (Phi) is 3.38. The second-order valence-corrected chi connectivity index (χ2v) is 6.69. The largest absolute Gasteiger partial charge is 0.454 e. The highest BCUT2D eigenvalue weighted by Crippen LogP contribution is 2.41. The summed E-state index contributed by atoms with van der Waals surface area (Å²) >= 11 is 3.52. The summed E-state index contributed by atoms with van der Waals surface area (Å²) in [6.07, 6.45) is 4.05. The van der Waals surface area contributed by atoms with Gasteiger partial charge in [0.05, 0.1) is 6.54 Å². The van der Waals surface area contributed by atoms with Gasteiger partial charge >= 0.3 is 0 Å². The molecule has 0 radical (unpaired) electrons. The smallest absolute Gasteiger partial charge is 0.256 e. The van der Waals surface area contributed by atoms with Crippen LogP contribution in [-0.4, -0.2) is 28.8 Å². The van der Waals surface area contributed by atoms with Gasteiger partial charge in [0.15, 0.2) is 11.5 Å². The van der Waals surface area contributed by atoms with Crippen LogP contribution in [0.1, 0.15) is 24.8 Å². The van der Waals surface area contributed by atoms with Gasteiger partial charge in [-0.1, -0.05) is 22.0 Å². The lowest BCUT2D eigenvalue weighted by Gasteiger charge is -2.23. The van der Waals surface area contributed by atoms with Crippen LogP contribution in [0.3, 0.4) is 0 Å². The van der Waals surface area contributed by atoms with Crippen LogP contribution in [-0.2, 0) is 11.3 Å². The number of benzene rings is 1. The zero-order valence-corrected chi connectivity index (χ0v) is 13.5. The molecule has 1 aliphatic carbocycles. The summed E-state index contributed by atoms with van der Waals surface area (Å²) in [6.45, 7) is 0.648. The van der Waals surface area contributed by atoms with Crippen molar-refractivity contribution in [2.24, 2.45) is 5.92 Å². The number of allylic oxidation sites excluding steroid dienone is 1. The van der Waals surface area contributed by atoms with Gasteiger partial charge in [0, 0.05) is 16.1 Å². The molecular formula is C16H16BrNO4. The third kappa shape index (κ3) is 2.13. The fourth-order valence-electron chi connectivity index (χ4n) is 3.40. The highest BCUT2D eigenvalue weighted by atomic mass is 79.9. The lowest BCUT2D eigenvalue weighted by molar-refractivity contribution is -0.135. The minimum absolute atomic E-state index is 0.0472. The number of aliphatic hydroxyl groups is 1. The Morgan fingerprint density at radius 3 is 2.91 bits per heavy atom. The van der Waals surface area contributed by atoms with Crippen molar-refractivity contribution in [3.05, 3.63) is 33.9 Å². The molecule has 4 rings (SSSR count). The molecule has 2 atom stereocenters. The van der Waals surface area contributed by atoms with Gasteiger partial charge < -0.3 is 19.5 Å². The van der Waals surface area contributed by atoms with Crippen molar-refractivity contribution in [1.29, 1.82) is 0 Å². The topological polar surface area (TPSA) is 59.0 Å². The summed E-state index contributed by atoms with van der Waals surface area (Å²) in [5, 5.41) is 10.2. The third-order valence-electron chi connectivity index (χ3n) is 4.53. The predicted octanol–water partition coefficient (Wildman–Crippen LogP) is 2.56. The molecule has 6 heteroatoms. The van der Waals surface area contributed by atoms with Crippen LogP contribution in [0.2, 0.25) is 0 Å². The fourth-order valence-corrected chi connectivity index (χ4v) is 3.84. The number of hydrogen-bond acceptors (Lipinski definition) is 4. The van der Waals surface area contributed by atoms with Gasteiger partial charge in [-0.05, 0) is 37.0 Å². The van der Waals surface area contributed by atoms with E-state index in [0.717, 1.165) is 35.0 Å². The van der Waals surface area contributed by atoms with E-state index in [9.17, 15) is 9.90 Å². The number of aliphatic hydroxyl groups excluding tert-OH is 1. The molecule has 1 amide bonds. The summed E-state index contributed by atoms with van der Waals surface area (Å²) < 4.78 is 11.6. The van der Waals surface area contributed by atoms with Gasteiger partial charge in [0.2, 0.25) is 6.79 Å².